The molecule has 9 rings (SSSR count). The largest absolute Gasteiger partial charge is 0.452 e. The summed E-state index contributed by atoms with van der Waals surface area (Å²) < 4.78 is 12.7. The summed E-state index contributed by atoms with van der Waals surface area (Å²) in [5, 5.41) is 14.4. The Kier molecular flexibility index (Phi) is 5.87. The van der Waals surface area contributed by atoms with Gasteiger partial charge >= 0.3 is 0 Å². The molecule has 6 aliphatic rings. The third-order valence-corrected chi connectivity index (χ3v) is 9.49. The van der Waals surface area contributed by atoms with Crippen LogP contribution in [0.1, 0.15) is 30.0 Å². The number of likely N-dealkylation sites (N-methyl/N-ethyl adjacent to an activating group) is 1. The van der Waals surface area contributed by atoms with Gasteiger partial charge in [-0.3, -0.25) is 4.90 Å². The van der Waals surface area contributed by atoms with Gasteiger partial charge in [-0.05, 0) is 43.7 Å². The highest BCUT2D eigenvalue weighted by Crippen LogP contribution is 2.38. The number of pyridine rings is 2. The Morgan fingerprint density at radius 3 is 2.67 bits per heavy atom. The first-order chi connectivity index (χ1) is 20.5. The van der Waals surface area contributed by atoms with Gasteiger partial charge in [-0.25, -0.2) is 19.5 Å². The summed E-state index contributed by atoms with van der Waals surface area (Å²) >= 11 is 0. The van der Waals surface area contributed by atoms with Crippen molar-refractivity contribution in [2.75, 3.05) is 64.6 Å². The van der Waals surface area contributed by atoms with E-state index in [9.17, 15) is 5.26 Å². The smallest absolute Gasteiger partial charge is 0.260 e. The molecule has 3 unspecified atom stereocenters. The lowest BCUT2D eigenvalue weighted by molar-refractivity contribution is -0.0544. The maximum atomic E-state index is 9.87. The standard InChI is InChI=1S/C30H34N10O2/c1-30(25-9-22(37-5-3-36(2)4-6-37)16-40-27(25)21(10-31)12-35-40)17-33-29(34-18-30)38-14-23-8-24(15-38)39(23)13-20-7-26-28(32-11-20)42-19-41-26/h7,9,11-12,16-17,23-24H,3-6,8,13-15,18-19H2,1-2H3. The highest BCUT2D eigenvalue weighted by atomic mass is 16.7. The van der Waals surface area contributed by atoms with Crippen LogP contribution in [0.4, 0.5) is 5.69 Å². The van der Waals surface area contributed by atoms with E-state index in [-0.39, 0.29) is 6.79 Å². The van der Waals surface area contributed by atoms with Crippen LogP contribution in [0.25, 0.3) is 5.52 Å². The van der Waals surface area contributed by atoms with E-state index in [2.05, 4.69) is 62.0 Å². The molecule has 216 valence electrons. The van der Waals surface area contributed by atoms with Gasteiger partial charge in [0.05, 0.1) is 35.7 Å². The first kappa shape index (κ1) is 25.5. The molecule has 0 saturated carbocycles. The molecule has 0 spiro atoms. The van der Waals surface area contributed by atoms with Gasteiger partial charge in [-0.15, -0.1) is 0 Å². The topological polar surface area (TPSA) is 110 Å². The number of guanidine groups is 1. The molecule has 4 saturated heterocycles. The quantitative estimate of drug-likeness (QED) is 0.466. The van der Waals surface area contributed by atoms with E-state index in [4.69, 9.17) is 19.5 Å². The van der Waals surface area contributed by atoms with Crippen LogP contribution in [-0.2, 0) is 12.0 Å². The number of aromatic nitrogens is 3. The first-order valence-electron chi connectivity index (χ1n) is 14.7. The number of rotatable bonds is 4. The van der Waals surface area contributed by atoms with Crippen LogP contribution in [0.5, 0.6) is 11.6 Å². The van der Waals surface area contributed by atoms with Crippen molar-refractivity contribution in [2.24, 2.45) is 9.98 Å². The Hall–Kier alpha value is -4.21. The lowest BCUT2D eigenvalue weighted by Crippen LogP contribution is -2.68. The summed E-state index contributed by atoms with van der Waals surface area (Å²) in [6.45, 7) is 9.61. The van der Waals surface area contributed by atoms with E-state index < -0.39 is 5.41 Å². The molecule has 12 nitrogen and oxygen atoms in total. The molecule has 0 aliphatic carbocycles. The highest BCUT2D eigenvalue weighted by Gasteiger charge is 2.46. The third kappa shape index (κ3) is 4.18. The first-order valence-corrected chi connectivity index (χ1v) is 14.7. The van der Waals surface area contributed by atoms with Crippen molar-refractivity contribution in [3.05, 3.63) is 47.4 Å². The Balaban J connectivity index is 0.997. The predicted molar refractivity (Wildman–Crippen MR) is 157 cm³/mol. The van der Waals surface area contributed by atoms with Crippen molar-refractivity contribution in [3.63, 3.8) is 0 Å². The molecule has 6 aliphatic heterocycles. The number of piperidine rings is 1. The zero-order valence-electron chi connectivity index (χ0n) is 24.0. The van der Waals surface area contributed by atoms with E-state index in [0.29, 0.717) is 30.1 Å². The van der Waals surface area contributed by atoms with Crippen molar-refractivity contribution in [2.45, 2.75) is 37.4 Å². The second-order valence-electron chi connectivity index (χ2n) is 12.3. The summed E-state index contributed by atoms with van der Waals surface area (Å²) in [6, 6.07) is 7.55. The lowest BCUT2D eigenvalue weighted by Gasteiger charge is -2.56. The normalized spacial score (nSPS) is 27.2. The molecule has 3 atom stereocenters. The summed E-state index contributed by atoms with van der Waals surface area (Å²) in [5.41, 5.74) is 4.29. The van der Waals surface area contributed by atoms with E-state index in [1.165, 1.54) is 6.42 Å². The van der Waals surface area contributed by atoms with Crippen molar-refractivity contribution < 1.29 is 9.47 Å². The van der Waals surface area contributed by atoms with Gasteiger partial charge in [0.25, 0.3) is 5.88 Å². The Morgan fingerprint density at radius 1 is 1.07 bits per heavy atom. The van der Waals surface area contributed by atoms with Gasteiger partial charge < -0.3 is 24.2 Å². The van der Waals surface area contributed by atoms with Crippen molar-refractivity contribution in [1.82, 2.24) is 29.3 Å². The SMILES string of the molecule is CN1CCN(c2cc(C3(C)C=NC(N4CC5CC(C4)N5Cc4cnc5c(c4)OCO5)=NC3)c3c(C#N)cnn3c2)CC1. The number of nitrogens with zero attached hydrogens (tertiary/aromatic N) is 10. The second kappa shape index (κ2) is 9.68. The Labute approximate surface area is 244 Å². The molecule has 2 bridgehead atoms. The van der Waals surface area contributed by atoms with Crippen LogP contribution >= 0.6 is 0 Å². The van der Waals surface area contributed by atoms with E-state index in [1.54, 1.807) is 6.20 Å². The summed E-state index contributed by atoms with van der Waals surface area (Å²) in [5.74, 6) is 2.13. The molecule has 0 radical (unpaired) electrons. The number of anilines is 1. The maximum absolute atomic E-state index is 9.87. The number of hydrogen-bond donors (Lipinski definition) is 0. The fourth-order valence-electron chi connectivity index (χ4n) is 6.95. The fourth-order valence-corrected chi connectivity index (χ4v) is 6.95. The van der Waals surface area contributed by atoms with Crippen LogP contribution in [0.15, 0.2) is 40.7 Å². The summed E-state index contributed by atoms with van der Waals surface area (Å²) in [4.78, 5) is 24.0. The van der Waals surface area contributed by atoms with Crippen molar-refractivity contribution in [3.8, 4) is 17.7 Å². The molecular weight excluding hydrogens is 532 g/mol. The average molecular weight is 567 g/mol. The molecule has 9 heterocycles. The number of nitriles is 1. The molecule has 3 aromatic heterocycles. The van der Waals surface area contributed by atoms with E-state index in [0.717, 1.165) is 79.9 Å². The van der Waals surface area contributed by atoms with E-state index in [1.807, 2.05) is 23.0 Å². The maximum Gasteiger partial charge on any atom is 0.260 e. The van der Waals surface area contributed by atoms with Gasteiger partial charge in [0.1, 0.15) is 6.07 Å². The molecular formula is C30H34N10O2. The third-order valence-electron chi connectivity index (χ3n) is 9.49. The lowest BCUT2D eigenvalue weighted by atomic mass is 9.81. The van der Waals surface area contributed by atoms with Gasteiger partial charge in [-0.1, -0.05) is 0 Å². The molecule has 3 aromatic rings. The molecule has 0 aromatic carbocycles. The Morgan fingerprint density at radius 2 is 1.90 bits per heavy atom. The molecule has 0 N–H and O–H groups in total. The molecule has 4 fully saturated rings. The highest BCUT2D eigenvalue weighted by molar-refractivity contribution is 5.95. The minimum absolute atomic E-state index is 0.242. The number of fused-ring (bicyclic) bond motifs is 4. The van der Waals surface area contributed by atoms with E-state index >= 15 is 0 Å². The minimum atomic E-state index is -0.448. The van der Waals surface area contributed by atoms with Gasteiger partial charge in [0.15, 0.2) is 5.75 Å². The Bertz CT molecular complexity index is 1640. The van der Waals surface area contributed by atoms with Crippen LogP contribution in [-0.4, -0.2) is 113 Å². The van der Waals surface area contributed by atoms with Crippen LogP contribution in [0.2, 0.25) is 0 Å². The summed E-state index contributed by atoms with van der Waals surface area (Å²) in [7, 11) is 2.16. The van der Waals surface area contributed by atoms with Gasteiger partial charge in [0, 0.05) is 75.7 Å². The van der Waals surface area contributed by atoms with Crippen LogP contribution in [0, 0.1) is 11.3 Å². The van der Waals surface area contributed by atoms with Crippen molar-refractivity contribution >= 4 is 23.4 Å². The number of hydrogen-bond acceptors (Lipinski definition) is 11. The minimum Gasteiger partial charge on any atom is -0.452 e. The molecule has 12 heteroatoms. The average Bonchev–Trinajstić information content (AvgIpc) is 3.66. The van der Waals surface area contributed by atoms with Gasteiger partial charge in [-0.2, -0.15) is 10.4 Å². The fraction of sp³-hybridized carbons (Fsp3) is 0.500. The summed E-state index contributed by atoms with van der Waals surface area (Å²) in [6.07, 6.45) is 8.84. The number of aliphatic imine (C=N–C) groups is 2. The monoisotopic (exact) mass is 566 g/mol. The van der Waals surface area contributed by atoms with Gasteiger partial charge in [0.2, 0.25) is 12.8 Å². The predicted octanol–water partition coefficient (Wildman–Crippen LogP) is 1.74. The zero-order valence-corrected chi connectivity index (χ0v) is 24.0. The number of piperazine rings is 2. The zero-order chi connectivity index (χ0) is 28.4. The molecule has 42 heavy (non-hydrogen) atoms. The van der Waals surface area contributed by atoms with Crippen LogP contribution in [0.3, 0.4) is 0 Å². The molecule has 0 amide bonds. The van der Waals surface area contributed by atoms with Crippen LogP contribution < -0.4 is 14.4 Å². The second-order valence-corrected chi connectivity index (χ2v) is 12.3. The van der Waals surface area contributed by atoms with Crippen molar-refractivity contribution in [1.29, 1.82) is 5.26 Å². The number of ether oxygens (including phenoxy) is 2.